The maximum Gasteiger partial charge on any atom is 0.253 e. The Morgan fingerprint density at radius 2 is 2.00 bits per heavy atom. The van der Waals surface area contributed by atoms with Crippen molar-refractivity contribution in [2.45, 2.75) is 51.6 Å². The van der Waals surface area contributed by atoms with E-state index in [-0.39, 0.29) is 5.91 Å². The van der Waals surface area contributed by atoms with Gasteiger partial charge in [-0.1, -0.05) is 18.9 Å². The van der Waals surface area contributed by atoms with Crippen LogP contribution < -0.4 is 5.32 Å². The van der Waals surface area contributed by atoms with Crippen LogP contribution in [0.4, 0.5) is 0 Å². The second-order valence-corrected chi connectivity index (χ2v) is 7.13. The average Bonchev–Trinajstić information content (AvgIpc) is 3.33. The summed E-state index contributed by atoms with van der Waals surface area (Å²) in [5.74, 6) is 0.0187. The standard InChI is InChI=1S/C20H24N4O/c1-14(2)24-12-10-17(22-24)19-13-16(18-9-5-6-11-23(18)19)20(25)21-15-7-3-4-8-15/h5-6,9-15H,3-4,7-8H2,1-2H3,(H,21,25). The first-order chi connectivity index (χ1) is 12.1. The smallest absolute Gasteiger partial charge is 0.253 e. The molecule has 0 radical (unpaired) electrons. The lowest BCUT2D eigenvalue weighted by Crippen LogP contribution is -2.32. The molecule has 1 amide bonds. The van der Waals surface area contributed by atoms with Crippen LogP contribution in [0.3, 0.4) is 0 Å². The Labute approximate surface area is 147 Å². The number of pyridine rings is 1. The number of hydrogen-bond donors (Lipinski definition) is 1. The molecule has 5 nitrogen and oxygen atoms in total. The summed E-state index contributed by atoms with van der Waals surface area (Å²) in [5.41, 5.74) is 3.48. The van der Waals surface area contributed by atoms with Gasteiger partial charge in [0.05, 0.1) is 16.8 Å². The normalized spacial score (nSPS) is 15.3. The summed E-state index contributed by atoms with van der Waals surface area (Å²) in [6.07, 6.45) is 8.57. The third-order valence-corrected chi connectivity index (χ3v) is 5.01. The number of rotatable bonds is 4. The van der Waals surface area contributed by atoms with Crippen molar-refractivity contribution in [1.29, 1.82) is 0 Å². The molecule has 3 aromatic rings. The molecule has 3 aromatic heterocycles. The van der Waals surface area contributed by atoms with Crippen LogP contribution in [0.2, 0.25) is 0 Å². The van der Waals surface area contributed by atoms with Gasteiger partial charge in [-0.25, -0.2) is 0 Å². The molecule has 1 saturated carbocycles. The van der Waals surface area contributed by atoms with Crippen LogP contribution in [0.1, 0.15) is 55.9 Å². The number of hydrogen-bond acceptors (Lipinski definition) is 2. The molecule has 0 unspecified atom stereocenters. The maximum atomic E-state index is 12.8. The molecule has 1 fully saturated rings. The predicted molar refractivity (Wildman–Crippen MR) is 98.7 cm³/mol. The molecule has 0 aliphatic heterocycles. The van der Waals surface area contributed by atoms with Gasteiger partial charge in [-0.3, -0.25) is 9.48 Å². The fourth-order valence-electron chi connectivity index (χ4n) is 3.63. The molecule has 4 rings (SSSR count). The zero-order valence-corrected chi connectivity index (χ0v) is 14.8. The first kappa shape index (κ1) is 15.9. The summed E-state index contributed by atoms with van der Waals surface area (Å²) in [5, 5.41) is 7.87. The highest BCUT2D eigenvalue weighted by Gasteiger charge is 2.22. The van der Waals surface area contributed by atoms with E-state index in [9.17, 15) is 4.79 Å². The van der Waals surface area contributed by atoms with E-state index >= 15 is 0 Å². The van der Waals surface area contributed by atoms with E-state index in [0.29, 0.717) is 12.1 Å². The topological polar surface area (TPSA) is 51.3 Å². The van der Waals surface area contributed by atoms with Gasteiger partial charge in [-0.15, -0.1) is 0 Å². The number of nitrogens with one attached hydrogen (secondary N) is 1. The number of carbonyl (C=O) groups is 1. The van der Waals surface area contributed by atoms with Gasteiger partial charge in [0.15, 0.2) is 0 Å². The van der Waals surface area contributed by atoms with E-state index in [2.05, 4.69) is 28.7 Å². The number of aromatic nitrogens is 3. The van der Waals surface area contributed by atoms with Crippen molar-refractivity contribution in [3.63, 3.8) is 0 Å². The average molecular weight is 336 g/mol. The number of nitrogens with zero attached hydrogens (tertiary/aromatic N) is 3. The lowest BCUT2D eigenvalue weighted by molar-refractivity contribution is 0.0939. The maximum absolute atomic E-state index is 12.8. The Morgan fingerprint density at radius 3 is 2.72 bits per heavy atom. The summed E-state index contributed by atoms with van der Waals surface area (Å²) < 4.78 is 3.99. The molecule has 0 aromatic carbocycles. The number of amides is 1. The minimum absolute atomic E-state index is 0.0187. The monoisotopic (exact) mass is 336 g/mol. The Bertz CT molecular complexity index is 899. The van der Waals surface area contributed by atoms with Gasteiger partial charge in [0.25, 0.3) is 5.91 Å². The van der Waals surface area contributed by atoms with Gasteiger partial charge in [-0.05, 0) is 51.0 Å². The molecule has 1 aliphatic carbocycles. The fraction of sp³-hybridized carbons (Fsp3) is 0.400. The molecule has 5 heteroatoms. The van der Waals surface area contributed by atoms with Crippen molar-refractivity contribution in [3.8, 4) is 11.4 Å². The second-order valence-electron chi connectivity index (χ2n) is 7.13. The highest BCUT2D eigenvalue weighted by atomic mass is 16.1. The molecule has 0 atom stereocenters. The summed E-state index contributed by atoms with van der Waals surface area (Å²) in [6, 6.07) is 10.5. The molecule has 0 saturated heterocycles. The fourth-order valence-corrected chi connectivity index (χ4v) is 3.63. The van der Waals surface area contributed by atoms with E-state index < -0.39 is 0 Å². The Hall–Kier alpha value is -2.56. The predicted octanol–water partition coefficient (Wildman–Crippen LogP) is 4.06. The Morgan fingerprint density at radius 1 is 1.20 bits per heavy atom. The first-order valence-corrected chi connectivity index (χ1v) is 9.10. The van der Waals surface area contributed by atoms with Crippen molar-refractivity contribution in [2.24, 2.45) is 0 Å². The van der Waals surface area contributed by atoms with Gasteiger partial charge < -0.3 is 9.72 Å². The number of carbonyl (C=O) groups excluding carboxylic acids is 1. The lowest BCUT2D eigenvalue weighted by atomic mass is 10.2. The molecule has 1 N–H and O–H groups in total. The van der Waals surface area contributed by atoms with Crippen molar-refractivity contribution in [3.05, 3.63) is 48.3 Å². The van der Waals surface area contributed by atoms with Gasteiger partial charge in [0.1, 0.15) is 5.69 Å². The Balaban J connectivity index is 1.74. The van der Waals surface area contributed by atoms with Crippen LogP contribution in [0, 0.1) is 0 Å². The van der Waals surface area contributed by atoms with Crippen molar-refractivity contribution >= 4 is 11.4 Å². The first-order valence-electron chi connectivity index (χ1n) is 9.10. The molecule has 25 heavy (non-hydrogen) atoms. The van der Waals surface area contributed by atoms with Crippen LogP contribution in [0.25, 0.3) is 16.9 Å². The molecule has 1 aliphatic rings. The lowest BCUT2D eigenvalue weighted by Gasteiger charge is -2.11. The SMILES string of the molecule is CC(C)n1ccc(-c2cc(C(=O)NC3CCCC3)c3ccccn23)n1. The number of fused-ring (bicyclic) bond motifs is 1. The largest absolute Gasteiger partial charge is 0.349 e. The summed E-state index contributed by atoms with van der Waals surface area (Å²) in [4.78, 5) is 12.8. The zero-order chi connectivity index (χ0) is 17.4. The van der Waals surface area contributed by atoms with Crippen molar-refractivity contribution in [1.82, 2.24) is 19.5 Å². The minimum atomic E-state index is 0.0187. The van der Waals surface area contributed by atoms with Crippen molar-refractivity contribution < 1.29 is 4.79 Å². The van der Waals surface area contributed by atoms with Gasteiger partial charge >= 0.3 is 0 Å². The summed E-state index contributed by atoms with van der Waals surface area (Å²) in [6.45, 7) is 4.21. The van der Waals surface area contributed by atoms with Gasteiger partial charge in [-0.2, -0.15) is 5.10 Å². The van der Waals surface area contributed by atoms with E-state index in [1.54, 1.807) is 0 Å². The summed E-state index contributed by atoms with van der Waals surface area (Å²) in [7, 11) is 0. The summed E-state index contributed by atoms with van der Waals surface area (Å²) >= 11 is 0. The quantitative estimate of drug-likeness (QED) is 0.781. The third kappa shape index (κ3) is 2.95. The molecular weight excluding hydrogens is 312 g/mol. The minimum Gasteiger partial charge on any atom is -0.349 e. The van der Waals surface area contributed by atoms with Crippen LogP contribution in [0.5, 0.6) is 0 Å². The van der Waals surface area contributed by atoms with Crippen LogP contribution >= 0.6 is 0 Å². The molecule has 130 valence electrons. The molecular formula is C20H24N4O. The third-order valence-electron chi connectivity index (χ3n) is 5.01. The highest BCUT2D eigenvalue weighted by Crippen LogP contribution is 2.26. The van der Waals surface area contributed by atoms with E-state index in [1.165, 1.54) is 12.8 Å². The van der Waals surface area contributed by atoms with Gasteiger partial charge in [0, 0.05) is 24.5 Å². The zero-order valence-electron chi connectivity index (χ0n) is 14.8. The molecule has 0 bridgehead atoms. The Kier molecular flexibility index (Phi) is 4.07. The van der Waals surface area contributed by atoms with E-state index in [1.807, 2.05) is 47.4 Å². The molecule has 0 spiro atoms. The second kappa shape index (κ2) is 6.39. The molecule has 3 heterocycles. The van der Waals surface area contributed by atoms with Crippen LogP contribution in [-0.2, 0) is 0 Å². The van der Waals surface area contributed by atoms with Gasteiger partial charge in [0.2, 0.25) is 0 Å². The van der Waals surface area contributed by atoms with Crippen LogP contribution in [-0.4, -0.2) is 26.1 Å². The van der Waals surface area contributed by atoms with Crippen LogP contribution in [0.15, 0.2) is 42.7 Å². The van der Waals surface area contributed by atoms with Crippen molar-refractivity contribution in [2.75, 3.05) is 0 Å². The van der Waals surface area contributed by atoms with E-state index in [0.717, 1.165) is 35.3 Å². The highest BCUT2D eigenvalue weighted by molar-refractivity contribution is 6.02. The van der Waals surface area contributed by atoms with E-state index in [4.69, 9.17) is 0 Å².